The highest BCUT2D eigenvalue weighted by Crippen LogP contribution is 2.34. The van der Waals surface area contributed by atoms with E-state index in [2.05, 4.69) is 5.32 Å². The van der Waals surface area contributed by atoms with Gasteiger partial charge in [0.15, 0.2) is 0 Å². The Kier molecular flexibility index (Phi) is 4.33. The fourth-order valence-corrected chi connectivity index (χ4v) is 3.00. The summed E-state index contributed by atoms with van der Waals surface area (Å²) in [4.78, 5) is 25.1. The Morgan fingerprint density at radius 1 is 1.25 bits per heavy atom. The second-order valence-corrected chi connectivity index (χ2v) is 5.69. The SMILES string of the molecule is CC(=O)NCC(=O)N1CCn2cccc2C1c1ccc(F)cc1F. The van der Waals surface area contributed by atoms with Crippen LogP contribution < -0.4 is 5.32 Å². The molecule has 0 saturated carbocycles. The van der Waals surface area contributed by atoms with E-state index in [1.807, 2.05) is 22.9 Å². The first-order valence-electron chi connectivity index (χ1n) is 7.61. The monoisotopic (exact) mass is 333 g/mol. The zero-order valence-corrected chi connectivity index (χ0v) is 13.1. The van der Waals surface area contributed by atoms with E-state index in [4.69, 9.17) is 0 Å². The summed E-state index contributed by atoms with van der Waals surface area (Å²) in [7, 11) is 0. The number of carbonyl (C=O) groups excluding carboxylic acids is 2. The zero-order valence-electron chi connectivity index (χ0n) is 13.1. The standard InChI is InChI=1S/C17H17F2N3O2/c1-11(23)20-10-16(24)22-8-7-21-6-2-3-15(21)17(22)13-5-4-12(18)9-14(13)19/h2-6,9,17H,7-8,10H2,1H3,(H,20,23). The van der Waals surface area contributed by atoms with Crippen LogP contribution in [0.3, 0.4) is 0 Å². The summed E-state index contributed by atoms with van der Waals surface area (Å²) >= 11 is 0. The van der Waals surface area contributed by atoms with Crippen molar-refractivity contribution in [2.75, 3.05) is 13.1 Å². The van der Waals surface area contributed by atoms with Crippen LogP contribution in [0.4, 0.5) is 8.78 Å². The topological polar surface area (TPSA) is 54.3 Å². The number of rotatable bonds is 3. The van der Waals surface area contributed by atoms with E-state index in [9.17, 15) is 18.4 Å². The van der Waals surface area contributed by atoms with Crippen LogP contribution in [0.25, 0.3) is 0 Å². The van der Waals surface area contributed by atoms with Crippen LogP contribution in [0.2, 0.25) is 0 Å². The van der Waals surface area contributed by atoms with Gasteiger partial charge in [-0.05, 0) is 18.2 Å². The van der Waals surface area contributed by atoms with Gasteiger partial charge >= 0.3 is 0 Å². The molecule has 24 heavy (non-hydrogen) atoms. The molecule has 1 N–H and O–H groups in total. The number of nitrogens with zero attached hydrogens (tertiary/aromatic N) is 2. The molecule has 1 aromatic carbocycles. The molecule has 0 saturated heterocycles. The molecule has 2 heterocycles. The highest BCUT2D eigenvalue weighted by molar-refractivity contribution is 5.84. The third-order valence-corrected chi connectivity index (χ3v) is 4.10. The van der Waals surface area contributed by atoms with Crippen molar-refractivity contribution >= 4 is 11.8 Å². The zero-order chi connectivity index (χ0) is 17.3. The van der Waals surface area contributed by atoms with Gasteiger partial charge in [0.25, 0.3) is 0 Å². The highest BCUT2D eigenvalue weighted by atomic mass is 19.1. The predicted octanol–water partition coefficient (Wildman–Crippen LogP) is 1.83. The largest absolute Gasteiger partial charge is 0.348 e. The number of hydrogen-bond acceptors (Lipinski definition) is 2. The maximum absolute atomic E-state index is 14.3. The summed E-state index contributed by atoms with van der Waals surface area (Å²) in [5.74, 6) is -2.00. The van der Waals surface area contributed by atoms with Crippen molar-refractivity contribution in [3.8, 4) is 0 Å². The highest BCUT2D eigenvalue weighted by Gasteiger charge is 2.33. The molecule has 1 atom stereocenters. The van der Waals surface area contributed by atoms with Crippen molar-refractivity contribution in [3.63, 3.8) is 0 Å². The number of halogens is 2. The van der Waals surface area contributed by atoms with Crippen LogP contribution in [0.5, 0.6) is 0 Å². The average molecular weight is 333 g/mol. The molecule has 3 rings (SSSR count). The minimum Gasteiger partial charge on any atom is -0.348 e. The Labute approximate surface area is 137 Å². The van der Waals surface area contributed by atoms with Crippen LogP contribution in [0.1, 0.15) is 24.2 Å². The number of benzene rings is 1. The molecule has 0 spiro atoms. The maximum atomic E-state index is 14.3. The second kappa shape index (κ2) is 6.43. The Bertz CT molecular complexity index is 788. The smallest absolute Gasteiger partial charge is 0.242 e. The van der Waals surface area contributed by atoms with E-state index >= 15 is 0 Å². The van der Waals surface area contributed by atoms with Crippen LogP contribution >= 0.6 is 0 Å². The molecule has 1 unspecified atom stereocenters. The molecule has 1 aromatic heterocycles. The lowest BCUT2D eigenvalue weighted by Crippen LogP contribution is -2.46. The summed E-state index contributed by atoms with van der Waals surface area (Å²) in [6, 6.07) is 6.33. The number of fused-ring (bicyclic) bond motifs is 1. The number of aromatic nitrogens is 1. The van der Waals surface area contributed by atoms with E-state index in [0.717, 1.165) is 11.8 Å². The van der Waals surface area contributed by atoms with Crippen molar-refractivity contribution in [3.05, 3.63) is 59.4 Å². The van der Waals surface area contributed by atoms with Crippen molar-refractivity contribution in [2.45, 2.75) is 19.5 Å². The summed E-state index contributed by atoms with van der Waals surface area (Å²) in [5, 5.41) is 2.47. The summed E-state index contributed by atoms with van der Waals surface area (Å²) < 4.78 is 29.5. The molecule has 0 radical (unpaired) electrons. The Balaban J connectivity index is 1.99. The van der Waals surface area contributed by atoms with Crippen molar-refractivity contribution in [1.29, 1.82) is 0 Å². The van der Waals surface area contributed by atoms with Gasteiger partial charge in [0.05, 0.1) is 6.54 Å². The van der Waals surface area contributed by atoms with Crippen molar-refractivity contribution in [1.82, 2.24) is 14.8 Å². The van der Waals surface area contributed by atoms with Crippen LogP contribution in [0.15, 0.2) is 36.5 Å². The lowest BCUT2D eigenvalue weighted by Gasteiger charge is -2.37. The molecule has 1 aliphatic rings. The summed E-state index contributed by atoms with van der Waals surface area (Å²) in [5.41, 5.74) is 0.982. The summed E-state index contributed by atoms with van der Waals surface area (Å²) in [6.07, 6.45) is 1.86. The summed E-state index contributed by atoms with van der Waals surface area (Å²) in [6.45, 7) is 2.12. The molecule has 0 fully saturated rings. The van der Waals surface area contributed by atoms with Gasteiger partial charge in [-0.3, -0.25) is 9.59 Å². The third kappa shape index (κ3) is 3.02. The first kappa shape index (κ1) is 16.2. The Hall–Kier alpha value is -2.70. The second-order valence-electron chi connectivity index (χ2n) is 5.69. The van der Waals surface area contributed by atoms with E-state index in [1.165, 1.54) is 24.0 Å². The molecular weight excluding hydrogens is 316 g/mol. The van der Waals surface area contributed by atoms with E-state index < -0.39 is 17.7 Å². The minimum atomic E-state index is -0.702. The van der Waals surface area contributed by atoms with Gasteiger partial charge < -0.3 is 14.8 Å². The molecule has 7 heteroatoms. The molecular formula is C17H17F2N3O2. The van der Waals surface area contributed by atoms with Gasteiger partial charge in [-0.15, -0.1) is 0 Å². The third-order valence-electron chi connectivity index (χ3n) is 4.10. The minimum absolute atomic E-state index is 0.157. The Morgan fingerprint density at radius 2 is 2.04 bits per heavy atom. The van der Waals surface area contributed by atoms with Gasteiger partial charge in [-0.1, -0.05) is 6.07 Å². The number of nitrogens with one attached hydrogen (secondary N) is 1. The molecule has 126 valence electrons. The number of carbonyl (C=O) groups is 2. The van der Waals surface area contributed by atoms with E-state index in [-0.39, 0.29) is 23.9 Å². The quantitative estimate of drug-likeness (QED) is 0.932. The first-order chi connectivity index (χ1) is 11.5. The van der Waals surface area contributed by atoms with Gasteiger partial charge in [0, 0.05) is 43.5 Å². The lowest BCUT2D eigenvalue weighted by atomic mass is 9.99. The van der Waals surface area contributed by atoms with E-state index in [1.54, 1.807) is 0 Å². The Morgan fingerprint density at radius 3 is 2.75 bits per heavy atom. The molecule has 0 aliphatic carbocycles. The molecule has 0 bridgehead atoms. The van der Waals surface area contributed by atoms with Crippen LogP contribution in [-0.4, -0.2) is 34.4 Å². The molecule has 2 aromatic rings. The van der Waals surface area contributed by atoms with Crippen molar-refractivity contribution < 1.29 is 18.4 Å². The lowest BCUT2D eigenvalue weighted by molar-refractivity contribution is -0.134. The van der Waals surface area contributed by atoms with Crippen LogP contribution in [0, 0.1) is 11.6 Å². The molecule has 2 amide bonds. The van der Waals surface area contributed by atoms with Crippen LogP contribution in [-0.2, 0) is 16.1 Å². The number of hydrogen-bond donors (Lipinski definition) is 1. The van der Waals surface area contributed by atoms with Crippen molar-refractivity contribution in [2.24, 2.45) is 0 Å². The normalized spacial score (nSPS) is 16.6. The van der Waals surface area contributed by atoms with Gasteiger partial charge in [-0.2, -0.15) is 0 Å². The molecule has 1 aliphatic heterocycles. The fraction of sp³-hybridized carbons (Fsp3) is 0.294. The molecule has 5 nitrogen and oxygen atoms in total. The maximum Gasteiger partial charge on any atom is 0.242 e. The number of amides is 2. The fourth-order valence-electron chi connectivity index (χ4n) is 3.00. The van der Waals surface area contributed by atoms with Gasteiger partial charge in [-0.25, -0.2) is 8.78 Å². The van der Waals surface area contributed by atoms with E-state index in [0.29, 0.717) is 13.1 Å². The van der Waals surface area contributed by atoms with Gasteiger partial charge in [0.2, 0.25) is 11.8 Å². The first-order valence-corrected chi connectivity index (χ1v) is 7.61. The predicted molar refractivity (Wildman–Crippen MR) is 83.0 cm³/mol. The van der Waals surface area contributed by atoms with Gasteiger partial charge in [0.1, 0.15) is 17.7 Å². The average Bonchev–Trinajstić information content (AvgIpc) is 3.00.